The molecule has 0 aliphatic carbocycles. The summed E-state index contributed by atoms with van der Waals surface area (Å²) in [6.07, 6.45) is 1.87. The van der Waals surface area contributed by atoms with Gasteiger partial charge in [0.1, 0.15) is 5.82 Å². The Morgan fingerprint density at radius 2 is 1.92 bits per heavy atom. The Hall–Kier alpha value is -2.84. The molecule has 26 heavy (non-hydrogen) atoms. The van der Waals surface area contributed by atoms with Crippen LogP contribution in [0.3, 0.4) is 0 Å². The summed E-state index contributed by atoms with van der Waals surface area (Å²) in [6.45, 7) is 3.07. The van der Waals surface area contributed by atoms with Crippen molar-refractivity contribution in [2.24, 2.45) is 0 Å². The minimum atomic E-state index is -0.954. The summed E-state index contributed by atoms with van der Waals surface area (Å²) in [6, 6.07) is 5.39. The molecule has 1 aromatic heterocycles. The number of rotatable bonds is 7. The lowest BCUT2D eigenvalue weighted by molar-refractivity contribution is -0.137. The molecule has 2 rings (SSSR count). The lowest BCUT2D eigenvalue weighted by atomic mass is 10.2. The minimum absolute atomic E-state index is 0.000778. The summed E-state index contributed by atoms with van der Waals surface area (Å²) in [7, 11) is 1.52. The first-order valence-corrected chi connectivity index (χ1v) is 8.62. The Kier molecular flexibility index (Phi) is 7.19. The number of aliphatic carboxylic acids is 1. The maximum atomic E-state index is 12.3. The first-order chi connectivity index (χ1) is 12.5. The molecule has 0 aromatic carbocycles. The van der Waals surface area contributed by atoms with Gasteiger partial charge in [-0.15, -0.1) is 0 Å². The average Bonchev–Trinajstić information content (AvgIpc) is 2.66. The van der Waals surface area contributed by atoms with Crippen LogP contribution in [0.25, 0.3) is 0 Å². The summed E-state index contributed by atoms with van der Waals surface area (Å²) in [5, 5.41) is 11.2. The Morgan fingerprint density at radius 1 is 1.19 bits per heavy atom. The number of hydrogen-bond donors (Lipinski definition) is 2. The van der Waals surface area contributed by atoms with Gasteiger partial charge in [-0.05, 0) is 12.1 Å². The van der Waals surface area contributed by atoms with Crippen LogP contribution in [-0.2, 0) is 9.59 Å². The molecule has 1 aliphatic rings. The molecule has 1 saturated heterocycles. The highest BCUT2D eigenvalue weighted by molar-refractivity contribution is 5.78. The van der Waals surface area contributed by atoms with Crippen molar-refractivity contribution in [2.45, 2.75) is 12.8 Å². The SMILES string of the molecule is CN(CCC(=O)O)C(=O)NCCC(=O)N1CCN(c2ccccn2)CC1. The van der Waals surface area contributed by atoms with Crippen LogP contribution < -0.4 is 10.2 Å². The van der Waals surface area contributed by atoms with Crippen molar-refractivity contribution in [3.05, 3.63) is 24.4 Å². The van der Waals surface area contributed by atoms with Gasteiger partial charge in [0.15, 0.2) is 0 Å². The van der Waals surface area contributed by atoms with E-state index in [1.54, 1.807) is 11.1 Å². The van der Waals surface area contributed by atoms with Gasteiger partial charge in [0.05, 0.1) is 6.42 Å². The molecule has 9 nitrogen and oxygen atoms in total. The predicted molar refractivity (Wildman–Crippen MR) is 95.9 cm³/mol. The number of carboxylic acids is 1. The van der Waals surface area contributed by atoms with E-state index in [-0.39, 0.29) is 37.9 Å². The zero-order valence-corrected chi connectivity index (χ0v) is 14.9. The van der Waals surface area contributed by atoms with Gasteiger partial charge in [-0.1, -0.05) is 6.07 Å². The summed E-state index contributed by atoms with van der Waals surface area (Å²) >= 11 is 0. The number of hydrogen-bond acceptors (Lipinski definition) is 5. The third-order valence-corrected chi connectivity index (χ3v) is 4.23. The van der Waals surface area contributed by atoms with Gasteiger partial charge in [0, 0.05) is 58.9 Å². The van der Waals surface area contributed by atoms with Crippen LogP contribution in [0.15, 0.2) is 24.4 Å². The third-order valence-electron chi connectivity index (χ3n) is 4.23. The quantitative estimate of drug-likeness (QED) is 0.719. The lowest BCUT2D eigenvalue weighted by Crippen LogP contribution is -2.49. The van der Waals surface area contributed by atoms with Crippen molar-refractivity contribution in [3.8, 4) is 0 Å². The average molecular weight is 363 g/mol. The Labute approximate surface area is 152 Å². The molecule has 2 heterocycles. The number of aromatic nitrogens is 1. The molecule has 0 radical (unpaired) electrons. The van der Waals surface area contributed by atoms with E-state index in [4.69, 9.17) is 5.11 Å². The van der Waals surface area contributed by atoms with E-state index in [9.17, 15) is 14.4 Å². The minimum Gasteiger partial charge on any atom is -0.481 e. The second-order valence-electron chi connectivity index (χ2n) is 6.10. The number of anilines is 1. The van der Waals surface area contributed by atoms with Crippen molar-refractivity contribution in [1.29, 1.82) is 0 Å². The highest BCUT2D eigenvalue weighted by Crippen LogP contribution is 2.12. The molecule has 0 saturated carbocycles. The number of piperazine rings is 1. The Bertz CT molecular complexity index is 617. The fraction of sp³-hybridized carbons (Fsp3) is 0.529. The van der Waals surface area contributed by atoms with Gasteiger partial charge < -0.3 is 25.1 Å². The molecule has 1 aliphatic heterocycles. The number of pyridine rings is 1. The standard InChI is InChI=1S/C17H25N5O4/c1-20(9-6-16(24)25)17(26)19-8-5-15(23)22-12-10-21(11-13-22)14-4-2-3-7-18-14/h2-4,7H,5-6,8-13H2,1H3,(H,19,26)(H,24,25). The molecule has 9 heteroatoms. The zero-order valence-electron chi connectivity index (χ0n) is 14.9. The molecule has 0 spiro atoms. The second-order valence-corrected chi connectivity index (χ2v) is 6.10. The van der Waals surface area contributed by atoms with E-state index in [2.05, 4.69) is 15.2 Å². The molecule has 3 amide bonds. The van der Waals surface area contributed by atoms with Crippen LogP contribution in [0.5, 0.6) is 0 Å². The summed E-state index contributed by atoms with van der Waals surface area (Å²) in [5.74, 6) is -0.0416. The van der Waals surface area contributed by atoms with Crippen LogP contribution in [0.2, 0.25) is 0 Å². The molecule has 1 aromatic rings. The van der Waals surface area contributed by atoms with E-state index in [0.717, 1.165) is 18.9 Å². The molecule has 1 fully saturated rings. The van der Waals surface area contributed by atoms with Gasteiger partial charge in [0.2, 0.25) is 5.91 Å². The number of nitrogens with zero attached hydrogens (tertiary/aromatic N) is 4. The van der Waals surface area contributed by atoms with Crippen LogP contribution >= 0.6 is 0 Å². The summed E-state index contributed by atoms with van der Waals surface area (Å²) < 4.78 is 0. The number of nitrogens with one attached hydrogen (secondary N) is 1. The highest BCUT2D eigenvalue weighted by atomic mass is 16.4. The number of carbonyl (C=O) groups is 3. The highest BCUT2D eigenvalue weighted by Gasteiger charge is 2.21. The molecular formula is C17H25N5O4. The maximum Gasteiger partial charge on any atom is 0.317 e. The Morgan fingerprint density at radius 3 is 2.54 bits per heavy atom. The van der Waals surface area contributed by atoms with Gasteiger partial charge in [-0.2, -0.15) is 0 Å². The number of amides is 3. The van der Waals surface area contributed by atoms with E-state index >= 15 is 0 Å². The number of carbonyl (C=O) groups excluding carboxylic acids is 2. The smallest absolute Gasteiger partial charge is 0.317 e. The third kappa shape index (κ3) is 5.91. The zero-order chi connectivity index (χ0) is 18.9. The first-order valence-electron chi connectivity index (χ1n) is 8.62. The van der Waals surface area contributed by atoms with Gasteiger partial charge in [-0.25, -0.2) is 9.78 Å². The van der Waals surface area contributed by atoms with Gasteiger partial charge >= 0.3 is 12.0 Å². The maximum absolute atomic E-state index is 12.3. The molecule has 0 unspecified atom stereocenters. The fourth-order valence-corrected chi connectivity index (χ4v) is 2.66. The van der Waals surface area contributed by atoms with Crippen molar-refractivity contribution in [1.82, 2.24) is 20.1 Å². The normalized spacial score (nSPS) is 14.0. The van der Waals surface area contributed by atoms with E-state index in [1.165, 1.54) is 11.9 Å². The van der Waals surface area contributed by atoms with Gasteiger partial charge in [0.25, 0.3) is 0 Å². The molecule has 2 N–H and O–H groups in total. The second kappa shape index (κ2) is 9.59. The monoisotopic (exact) mass is 363 g/mol. The van der Waals surface area contributed by atoms with Crippen molar-refractivity contribution in [2.75, 3.05) is 51.2 Å². The Balaban J connectivity index is 1.66. The topological polar surface area (TPSA) is 106 Å². The van der Waals surface area contributed by atoms with Crippen molar-refractivity contribution in [3.63, 3.8) is 0 Å². The van der Waals surface area contributed by atoms with Crippen LogP contribution in [0.1, 0.15) is 12.8 Å². The van der Waals surface area contributed by atoms with Crippen molar-refractivity contribution >= 4 is 23.7 Å². The van der Waals surface area contributed by atoms with Crippen LogP contribution in [-0.4, -0.2) is 84.1 Å². The number of carboxylic acid groups (broad SMARTS) is 1. The molecule has 0 bridgehead atoms. The van der Waals surface area contributed by atoms with Crippen LogP contribution in [0.4, 0.5) is 10.6 Å². The summed E-state index contributed by atoms with van der Waals surface area (Å²) in [5.41, 5.74) is 0. The van der Waals surface area contributed by atoms with Gasteiger partial charge in [-0.3, -0.25) is 9.59 Å². The van der Waals surface area contributed by atoms with E-state index in [0.29, 0.717) is 13.1 Å². The molecule has 142 valence electrons. The number of urea groups is 1. The molecule has 0 atom stereocenters. The van der Waals surface area contributed by atoms with E-state index < -0.39 is 5.97 Å². The predicted octanol–water partition coefficient (Wildman–Crippen LogP) is 0.236. The molecular weight excluding hydrogens is 338 g/mol. The van der Waals surface area contributed by atoms with Crippen molar-refractivity contribution < 1.29 is 19.5 Å². The fourth-order valence-electron chi connectivity index (χ4n) is 2.66. The summed E-state index contributed by atoms with van der Waals surface area (Å²) in [4.78, 5) is 44.1. The lowest BCUT2D eigenvalue weighted by Gasteiger charge is -2.35. The largest absolute Gasteiger partial charge is 0.481 e. The van der Waals surface area contributed by atoms with E-state index in [1.807, 2.05) is 18.2 Å². The first kappa shape index (κ1) is 19.5. The van der Waals surface area contributed by atoms with Crippen LogP contribution in [0, 0.1) is 0 Å².